The molecule has 0 unspecified atom stereocenters. The lowest BCUT2D eigenvalue weighted by Gasteiger charge is -2.05. The number of hydrogen-bond donors (Lipinski definition) is 0. The van der Waals surface area contributed by atoms with Crippen LogP contribution in [0.5, 0.6) is 0 Å². The number of rotatable bonds is 4. The lowest BCUT2D eigenvalue weighted by Crippen LogP contribution is -2.05. The van der Waals surface area contributed by atoms with Crippen LogP contribution in [0.4, 0.5) is 0 Å². The van der Waals surface area contributed by atoms with Gasteiger partial charge in [-0.2, -0.15) is 0 Å². The number of carbonyl (C=O) groups is 1. The molecule has 0 saturated carbocycles. The van der Waals surface area contributed by atoms with Crippen molar-refractivity contribution in [2.45, 2.75) is 26.7 Å². The summed E-state index contributed by atoms with van der Waals surface area (Å²) in [6, 6.07) is 6.14. The van der Waals surface area contributed by atoms with Gasteiger partial charge in [0.15, 0.2) is 0 Å². The van der Waals surface area contributed by atoms with Crippen molar-refractivity contribution in [1.29, 1.82) is 0 Å². The molecule has 3 heteroatoms. The second-order valence-electron chi connectivity index (χ2n) is 3.40. The second kappa shape index (κ2) is 5.91. The molecule has 0 spiro atoms. The van der Waals surface area contributed by atoms with Gasteiger partial charge in [0.2, 0.25) is 0 Å². The van der Waals surface area contributed by atoms with E-state index in [1.807, 2.05) is 26.0 Å². The molecule has 0 heterocycles. The van der Waals surface area contributed by atoms with Gasteiger partial charge in [-0.15, -0.1) is 0 Å². The van der Waals surface area contributed by atoms with E-state index in [1.54, 1.807) is 0 Å². The van der Waals surface area contributed by atoms with Crippen molar-refractivity contribution in [3.63, 3.8) is 0 Å². The van der Waals surface area contributed by atoms with Crippen LogP contribution in [0.25, 0.3) is 0 Å². The van der Waals surface area contributed by atoms with Crippen LogP contribution in [-0.4, -0.2) is 12.6 Å². The SMILES string of the molecule is CCOC(=O)CCc1cc(C)ccc1Br. The minimum absolute atomic E-state index is 0.133. The van der Waals surface area contributed by atoms with Gasteiger partial charge in [-0.3, -0.25) is 4.79 Å². The number of carbonyl (C=O) groups excluding carboxylic acids is 1. The minimum Gasteiger partial charge on any atom is -0.466 e. The highest BCUT2D eigenvalue weighted by Crippen LogP contribution is 2.19. The van der Waals surface area contributed by atoms with E-state index < -0.39 is 0 Å². The van der Waals surface area contributed by atoms with Gasteiger partial charge >= 0.3 is 5.97 Å². The van der Waals surface area contributed by atoms with Crippen molar-refractivity contribution in [2.75, 3.05) is 6.61 Å². The van der Waals surface area contributed by atoms with E-state index in [2.05, 4.69) is 22.0 Å². The Morgan fingerprint density at radius 2 is 2.20 bits per heavy atom. The smallest absolute Gasteiger partial charge is 0.306 e. The Morgan fingerprint density at radius 1 is 1.47 bits per heavy atom. The fourth-order valence-corrected chi connectivity index (χ4v) is 1.81. The fraction of sp³-hybridized carbons (Fsp3) is 0.417. The highest BCUT2D eigenvalue weighted by Gasteiger charge is 2.05. The normalized spacial score (nSPS) is 10.1. The van der Waals surface area contributed by atoms with Gasteiger partial charge in [-0.05, 0) is 31.9 Å². The maximum Gasteiger partial charge on any atom is 0.306 e. The topological polar surface area (TPSA) is 26.3 Å². The highest BCUT2D eigenvalue weighted by atomic mass is 79.9. The van der Waals surface area contributed by atoms with Gasteiger partial charge in [-0.25, -0.2) is 0 Å². The number of aryl methyl sites for hydroxylation is 2. The summed E-state index contributed by atoms with van der Waals surface area (Å²) >= 11 is 3.47. The summed E-state index contributed by atoms with van der Waals surface area (Å²) in [5.41, 5.74) is 2.36. The Labute approximate surface area is 98.8 Å². The third-order valence-corrected chi connectivity index (χ3v) is 2.88. The van der Waals surface area contributed by atoms with Crippen LogP contribution in [0.3, 0.4) is 0 Å². The monoisotopic (exact) mass is 270 g/mol. The lowest BCUT2D eigenvalue weighted by atomic mass is 10.1. The molecule has 0 atom stereocenters. The van der Waals surface area contributed by atoms with Gasteiger partial charge in [0.05, 0.1) is 6.61 Å². The van der Waals surface area contributed by atoms with Crippen molar-refractivity contribution in [3.05, 3.63) is 33.8 Å². The highest BCUT2D eigenvalue weighted by molar-refractivity contribution is 9.10. The van der Waals surface area contributed by atoms with E-state index in [9.17, 15) is 4.79 Å². The van der Waals surface area contributed by atoms with Crippen LogP contribution in [0.15, 0.2) is 22.7 Å². The molecule has 0 radical (unpaired) electrons. The number of halogens is 1. The fourth-order valence-electron chi connectivity index (χ4n) is 1.36. The maximum absolute atomic E-state index is 11.2. The molecule has 0 aliphatic heterocycles. The molecule has 0 aromatic heterocycles. The molecular formula is C12H15BrO2. The quantitative estimate of drug-likeness (QED) is 0.786. The summed E-state index contributed by atoms with van der Waals surface area (Å²) < 4.78 is 5.93. The Morgan fingerprint density at radius 3 is 2.87 bits per heavy atom. The van der Waals surface area contributed by atoms with E-state index in [0.29, 0.717) is 13.0 Å². The first-order valence-electron chi connectivity index (χ1n) is 5.04. The first-order valence-corrected chi connectivity index (χ1v) is 5.83. The third-order valence-electron chi connectivity index (χ3n) is 2.11. The van der Waals surface area contributed by atoms with E-state index in [-0.39, 0.29) is 5.97 Å². The molecule has 1 aromatic carbocycles. The Balaban J connectivity index is 2.57. The second-order valence-corrected chi connectivity index (χ2v) is 4.25. The Hall–Kier alpha value is -0.830. The summed E-state index contributed by atoms with van der Waals surface area (Å²) in [5, 5.41) is 0. The van der Waals surface area contributed by atoms with Crippen LogP contribution < -0.4 is 0 Å². The summed E-state index contributed by atoms with van der Waals surface area (Å²) in [4.78, 5) is 11.2. The predicted molar refractivity (Wildman–Crippen MR) is 63.8 cm³/mol. The Bertz CT molecular complexity index is 347. The summed E-state index contributed by atoms with van der Waals surface area (Å²) in [7, 11) is 0. The van der Waals surface area contributed by atoms with Gasteiger partial charge in [0, 0.05) is 10.9 Å². The zero-order valence-corrected chi connectivity index (χ0v) is 10.6. The Kier molecular flexibility index (Phi) is 4.82. The zero-order valence-electron chi connectivity index (χ0n) is 9.05. The lowest BCUT2D eigenvalue weighted by molar-refractivity contribution is -0.143. The van der Waals surface area contributed by atoms with Gasteiger partial charge in [0.1, 0.15) is 0 Å². The van der Waals surface area contributed by atoms with Crippen LogP contribution in [0, 0.1) is 6.92 Å². The molecule has 1 aromatic rings. The van der Waals surface area contributed by atoms with E-state index in [1.165, 1.54) is 5.56 Å². The molecule has 0 saturated heterocycles. The van der Waals surface area contributed by atoms with Crippen molar-refractivity contribution in [1.82, 2.24) is 0 Å². The molecule has 0 amide bonds. The predicted octanol–water partition coefficient (Wildman–Crippen LogP) is 3.25. The van der Waals surface area contributed by atoms with E-state index in [4.69, 9.17) is 4.74 Å². The van der Waals surface area contributed by atoms with Crippen molar-refractivity contribution in [3.8, 4) is 0 Å². The van der Waals surface area contributed by atoms with Crippen molar-refractivity contribution >= 4 is 21.9 Å². The van der Waals surface area contributed by atoms with E-state index >= 15 is 0 Å². The molecule has 2 nitrogen and oxygen atoms in total. The number of benzene rings is 1. The van der Waals surface area contributed by atoms with Crippen LogP contribution in [-0.2, 0) is 16.0 Å². The average Bonchev–Trinajstić information content (AvgIpc) is 2.20. The molecule has 1 rings (SSSR count). The largest absolute Gasteiger partial charge is 0.466 e. The van der Waals surface area contributed by atoms with Crippen LogP contribution in [0.1, 0.15) is 24.5 Å². The van der Waals surface area contributed by atoms with Crippen molar-refractivity contribution < 1.29 is 9.53 Å². The van der Waals surface area contributed by atoms with Gasteiger partial charge in [0.25, 0.3) is 0 Å². The number of ether oxygens (including phenoxy) is 1. The van der Waals surface area contributed by atoms with E-state index in [0.717, 1.165) is 16.5 Å². The van der Waals surface area contributed by atoms with Crippen molar-refractivity contribution in [2.24, 2.45) is 0 Å². The minimum atomic E-state index is -0.133. The first kappa shape index (κ1) is 12.2. The molecule has 0 aliphatic carbocycles. The summed E-state index contributed by atoms with van der Waals surface area (Å²) in [6.45, 7) is 4.31. The molecular weight excluding hydrogens is 256 g/mol. The molecule has 0 bridgehead atoms. The summed E-state index contributed by atoms with van der Waals surface area (Å²) in [6.07, 6.45) is 1.16. The number of hydrogen-bond acceptors (Lipinski definition) is 2. The van der Waals surface area contributed by atoms with Gasteiger partial charge < -0.3 is 4.74 Å². The number of esters is 1. The zero-order chi connectivity index (χ0) is 11.3. The van der Waals surface area contributed by atoms with Crippen LogP contribution in [0.2, 0.25) is 0 Å². The maximum atomic E-state index is 11.2. The standard InChI is InChI=1S/C12H15BrO2/c1-3-15-12(14)7-5-10-8-9(2)4-6-11(10)13/h4,6,8H,3,5,7H2,1-2H3. The average molecular weight is 271 g/mol. The first-order chi connectivity index (χ1) is 7.13. The molecule has 15 heavy (non-hydrogen) atoms. The molecule has 0 fully saturated rings. The van der Waals surface area contributed by atoms with Gasteiger partial charge in [-0.1, -0.05) is 33.6 Å². The third kappa shape index (κ3) is 4.04. The summed E-state index contributed by atoms with van der Waals surface area (Å²) in [5.74, 6) is -0.133. The molecule has 82 valence electrons. The molecule has 0 aliphatic rings. The van der Waals surface area contributed by atoms with Crippen LogP contribution >= 0.6 is 15.9 Å². The molecule has 0 N–H and O–H groups in total.